The standard InChI is InChI=1S/C16H26FN3/c1-11(2)8-20(9-12(3)4)10-14-6-5-13(16(18)19)7-15(14)17/h5-7,11-12H,8-10H2,1-4H3,(H3,18,19). The number of benzene rings is 1. The Morgan fingerprint density at radius 3 is 2.15 bits per heavy atom. The van der Waals surface area contributed by atoms with Crippen LogP contribution in [0.15, 0.2) is 18.2 Å². The summed E-state index contributed by atoms with van der Waals surface area (Å²) >= 11 is 0. The van der Waals surface area contributed by atoms with Crippen molar-refractivity contribution in [2.24, 2.45) is 17.6 Å². The van der Waals surface area contributed by atoms with E-state index in [1.807, 2.05) is 0 Å². The minimum atomic E-state index is -0.282. The van der Waals surface area contributed by atoms with Gasteiger partial charge in [0.2, 0.25) is 0 Å². The number of nitrogens with one attached hydrogen (secondary N) is 1. The van der Waals surface area contributed by atoms with Gasteiger partial charge in [0, 0.05) is 30.8 Å². The fraction of sp³-hybridized carbons (Fsp3) is 0.562. The molecule has 0 saturated heterocycles. The summed E-state index contributed by atoms with van der Waals surface area (Å²) in [5.41, 5.74) is 6.47. The average molecular weight is 279 g/mol. The van der Waals surface area contributed by atoms with Crippen molar-refractivity contribution in [1.82, 2.24) is 4.90 Å². The van der Waals surface area contributed by atoms with Crippen molar-refractivity contribution < 1.29 is 4.39 Å². The van der Waals surface area contributed by atoms with E-state index in [0.717, 1.165) is 13.1 Å². The number of hydrogen-bond donors (Lipinski definition) is 2. The van der Waals surface area contributed by atoms with Gasteiger partial charge in [-0.25, -0.2) is 4.39 Å². The molecule has 0 aliphatic rings. The maximum absolute atomic E-state index is 14.1. The molecule has 0 saturated carbocycles. The third-order valence-corrected chi connectivity index (χ3v) is 3.00. The Balaban J connectivity index is 2.84. The lowest BCUT2D eigenvalue weighted by molar-refractivity contribution is 0.209. The molecule has 1 aromatic rings. The first-order valence-corrected chi connectivity index (χ1v) is 7.14. The first-order valence-electron chi connectivity index (χ1n) is 7.14. The van der Waals surface area contributed by atoms with E-state index in [4.69, 9.17) is 11.1 Å². The van der Waals surface area contributed by atoms with Crippen LogP contribution < -0.4 is 5.73 Å². The molecular weight excluding hydrogens is 253 g/mol. The highest BCUT2D eigenvalue weighted by atomic mass is 19.1. The van der Waals surface area contributed by atoms with Crippen LogP contribution in [-0.4, -0.2) is 23.8 Å². The monoisotopic (exact) mass is 279 g/mol. The van der Waals surface area contributed by atoms with Crippen LogP contribution in [0.2, 0.25) is 0 Å². The van der Waals surface area contributed by atoms with E-state index in [0.29, 0.717) is 29.5 Å². The lowest BCUT2D eigenvalue weighted by atomic mass is 10.1. The van der Waals surface area contributed by atoms with Crippen molar-refractivity contribution in [1.29, 1.82) is 5.41 Å². The van der Waals surface area contributed by atoms with Crippen LogP contribution in [0, 0.1) is 23.1 Å². The summed E-state index contributed by atoms with van der Waals surface area (Å²) in [6, 6.07) is 4.80. The minimum absolute atomic E-state index is 0.100. The van der Waals surface area contributed by atoms with Gasteiger partial charge in [-0.15, -0.1) is 0 Å². The van der Waals surface area contributed by atoms with Crippen LogP contribution in [0.1, 0.15) is 38.8 Å². The number of nitrogen functional groups attached to an aromatic ring is 1. The van der Waals surface area contributed by atoms with Crippen molar-refractivity contribution in [3.63, 3.8) is 0 Å². The SMILES string of the molecule is CC(C)CN(Cc1ccc(C(=N)N)cc1F)CC(C)C. The molecule has 0 amide bonds. The number of amidine groups is 1. The lowest BCUT2D eigenvalue weighted by Crippen LogP contribution is -2.31. The number of nitrogens with zero attached hydrogens (tertiary/aromatic N) is 1. The largest absolute Gasteiger partial charge is 0.384 e. The van der Waals surface area contributed by atoms with Gasteiger partial charge in [0.25, 0.3) is 0 Å². The molecule has 3 nitrogen and oxygen atoms in total. The second-order valence-corrected chi connectivity index (χ2v) is 6.20. The van der Waals surface area contributed by atoms with E-state index < -0.39 is 0 Å². The van der Waals surface area contributed by atoms with E-state index in [1.165, 1.54) is 6.07 Å². The van der Waals surface area contributed by atoms with Crippen molar-refractivity contribution in [2.45, 2.75) is 34.2 Å². The predicted octanol–water partition coefficient (Wildman–Crippen LogP) is 3.22. The lowest BCUT2D eigenvalue weighted by Gasteiger charge is -2.26. The maximum atomic E-state index is 14.1. The third-order valence-electron chi connectivity index (χ3n) is 3.00. The van der Waals surface area contributed by atoms with Gasteiger partial charge in [0.1, 0.15) is 11.7 Å². The number of halogens is 1. The van der Waals surface area contributed by atoms with E-state index >= 15 is 0 Å². The van der Waals surface area contributed by atoms with E-state index in [9.17, 15) is 4.39 Å². The van der Waals surface area contributed by atoms with E-state index in [1.54, 1.807) is 12.1 Å². The molecule has 0 aliphatic heterocycles. The second kappa shape index (κ2) is 7.39. The Bertz CT molecular complexity index is 445. The van der Waals surface area contributed by atoms with Crippen molar-refractivity contribution in [3.05, 3.63) is 35.1 Å². The smallest absolute Gasteiger partial charge is 0.128 e. The molecule has 1 aromatic carbocycles. The van der Waals surface area contributed by atoms with Crippen LogP contribution >= 0.6 is 0 Å². The molecule has 0 aliphatic carbocycles. The number of nitrogens with two attached hydrogens (primary N) is 1. The summed E-state index contributed by atoms with van der Waals surface area (Å²) in [4.78, 5) is 2.28. The fourth-order valence-corrected chi connectivity index (χ4v) is 2.32. The first kappa shape index (κ1) is 16.6. The van der Waals surface area contributed by atoms with Crippen molar-refractivity contribution in [2.75, 3.05) is 13.1 Å². The van der Waals surface area contributed by atoms with Crippen LogP contribution in [0.5, 0.6) is 0 Å². The van der Waals surface area contributed by atoms with Gasteiger partial charge in [-0.3, -0.25) is 10.3 Å². The van der Waals surface area contributed by atoms with Crippen LogP contribution in [-0.2, 0) is 6.54 Å². The summed E-state index contributed by atoms with van der Waals surface area (Å²) in [6.07, 6.45) is 0. The Morgan fingerprint density at radius 2 is 1.75 bits per heavy atom. The molecule has 3 N–H and O–H groups in total. The van der Waals surface area contributed by atoms with Crippen molar-refractivity contribution in [3.8, 4) is 0 Å². The Hall–Kier alpha value is -1.42. The number of hydrogen-bond acceptors (Lipinski definition) is 2. The van der Waals surface area contributed by atoms with Gasteiger partial charge >= 0.3 is 0 Å². The topological polar surface area (TPSA) is 53.1 Å². The zero-order valence-electron chi connectivity index (χ0n) is 12.9. The van der Waals surface area contributed by atoms with E-state index in [-0.39, 0.29) is 11.7 Å². The summed E-state index contributed by atoms with van der Waals surface area (Å²) in [5, 5.41) is 7.33. The second-order valence-electron chi connectivity index (χ2n) is 6.20. The minimum Gasteiger partial charge on any atom is -0.384 e. The summed E-state index contributed by atoms with van der Waals surface area (Å²) in [7, 11) is 0. The predicted molar refractivity (Wildman–Crippen MR) is 82.4 cm³/mol. The van der Waals surface area contributed by atoms with Crippen LogP contribution in [0.4, 0.5) is 4.39 Å². The van der Waals surface area contributed by atoms with Gasteiger partial charge in [-0.2, -0.15) is 0 Å². The molecule has 20 heavy (non-hydrogen) atoms. The molecule has 0 heterocycles. The fourth-order valence-electron chi connectivity index (χ4n) is 2.32. The van der Waals surface area contributed by atoms with Gasteiger partial charge in [-0.05, 0) is 17.9 Å². The first-order chi connectivity index (χ1) is 9.29. The molecular formula is C16H26FN3. The molecule has 0 fully saturated rings. The third kappa shape index (κ3) is 5.29. The highest BCUT2D eigenvalue weighted by Crippen LogP contribution is 2.15. The molecule has 112 valence electrons. The van der Waals surface area contributed by atoms with Gasteiger partial charge in [0.05, 0.1) is 0 Å². The van der Waals surface area contributed by atoms with Gasteiger partial charge in [-0.1, -0.05) is 39.8 Å². The Kier molecular flexibility index (Phi) is 6.14. The molecule has 0 radical (unpaired) electrons. The average Bonchev–Trinajstić information content (AvgIpc) is 2.29. The van der Waals surface area contributed by atoms with Gasteiger partial charge < -0.3 is 5.73 Å². The molecule has 0 atom stereocenters. The molecule has 4 heteroatoms. The molecule has 0 bridgehead atoms. The van der Waals surface area contributed by atoms with Crippen LogP contribution in [0.3, 0.4) is 0 Å². The molecule has 0 aromatic heterocycles. The summed E-state index contributed by atoms with van der Waals surface area (Å²) < 4.78 is 14.1. The normalized spacial score (nSPS) is 11.6. The Labute approximate surface area is 121 Å². The van der Waals surface area contributed by atoms with Crippen LogP contribution in [0.25, 0.3) is 0 Å². The number of rotatable bonds is 7. The van der Waals surface area contributed by atoms with Gasteiger partial charge in [0.15, 0.2) is 0 Å². The summed E-state index contributed by atoms with van der Waals surface area (Å²) in [6.45, 7) is 11.2. The molecule has 0 spiro atoms. The maximum Gasteiger partial charge on any atom is 0.128 e. The quantitative estimate of drug-likeness (QED) is 0.595. The molecule has 1 rings (SSSR count). The zero-order valence-corrected chi connectivity index (χ0v) is 12.9. The highest BCUT2D eigenvalue weighted by Gasteiger charge is 2.13. The Morgan fingerprint density at radius 1 is 1.20 bits per heavy atom. The van der Waals surface area contributed by atoms with E-state index in [2.05, 4.69) is 32.6 Å². The van der Waals surface area contributed by atoms with Crippen molar-refractivity contribution >= 4 is 5.84 Å². The summed E-state index contributed by atoms with van der Waals surface area (Å²) in [5.74, 6) is 0.716. The molecule has 0 unspecified atom stereocenters. The highest BCUT2D eigenvalue weighted by molar-refractivity contribution is 5.94. The zero-order chi connectivity index (χ0) is 15.3.